The molecule has 0 unspecified atom stereocenters. The summed E-state index contributed by atoms with van der Waals surface area (Å²) in [6.07, 6.45) is 3.80. The molecule has 4 heteroatoms. The molecule has 0 radical (unpaired) electrons. The number of hydrogen-bond acceptors (Lipinski definition) is 3. The average molecular weight is 284 g/mol. The Balaban J connectivity index is 2.12. The third-order valence-electron chi connectivity index (χ3n) is 3.31. The highest BCUT2D eigenvalue weighted by atomic mass is 16.5. The van der Waals surface area contributed by atoms with Crippen molar-refractivity contribution < 1.29 is 9.53 Å². The molecule has 4 nitrogen and oxygen atoms in total. The highest BCUT2D eigenvalue weighted by Gasteiger charge is 2.21. The fraction of sp³-hybridized carbons (Fsp3) is 0.412. The molecule has 1 aromatic rings. The van der Waals surface area contributed by atoms with Crippen LogP contribution in [0.2, 0.25) is 0 Å². The molecule has 1 fully saturated rings. The van der Waals surface area contributed by atoms with Gasteiger partial charge in [0, 0.05) is 13.1 Å². The molecule has 0 atom stereocenters. The van der Waals surface area contributed by atoms with E-state index in [0.29, 0.717) is 0 Å². The van der Waals surface area contributed by atoms with Crippen molar-refractivity contribution in [2.24, 2.45) is 0 Å². The predicted octanol–water partition coefficient (Wildman–Crippen LogP) is 3.00. The topological polar surface area (TPSA) is 53.3 Å². The summed E-state index contributed by atoms with van der Waals surface area (Å²) in [5.74, 6) is 0.615. The van der Waals surface area contributed by atoms with Crippen LogP contribution >= 0.6 is 0 Å². The molecule has 0 N–H and O–H groups in total. The minimum atomic E-state index is -0.169. The fourth-order valence-electron chi connectivity index (χ4n) is 2.31. The van der Waals surface area contributed by atoms with E-state index in [1.165, 1.54) is 0 Å². The third-order valence-corrected chi connectivity index (χ3v) is 3.31. The van der Waals surface area contributed by atoms with E-state index in [0.717, 1.165) is 37.2 Å². The molecule has 0 spiro atoms. The van der Waals surface area contributed by atoms with Gasteiger partial charge in [-0.2, -0.15) is 5.26 Å². The Bertz CT molecular complexity index is 561. The van der Waals surface area contributed by atoms with Crippen LogP contribution in [0, 0.1) is 11.3 Å². The molecule has 0 bridgehead atoms. The third kappa shape index (κ3) is 4.09. The van der Waals surface area contributed by atoms with E-state index in [9.17, 15) is 10.1 Å². The summed E-state index contributed by atoms with van der Waals surface area (Å²) in [5, 5.41) is 9.20. The van der Waals surface area contributed by atoms with Crippen molar-refractivity contribution in [3.05, 3.63) is 35.4 Å². The lowest BCUT2D eigenvalue weighted by atomic mass is 10.1. The molecular weight excluding hydrogens is 264 g/mol. The number of rotatable bonds is 4. The van der Waals surface area contributed by atoms with Gasteiger partial charge in [0.25, 0.3) is 5.91 Å². The largest absolute Gasteiger partial charge is 0.491 e. The minimum Gasteiger partial charge on any atom is -0.491 e. The van der Waals surface area contributed by atoms with E-state index in [2.05, 4.69) is 0 Å². The molecule has 1 saturated heterocycles. The summed E-state index contributed by atoms with van der Waals surface area (Å²) in [5.41, 5.74) is 1.02. The van der Waals surface area contributed by atoms with Crippen molar-refractivity contribution in [2.75, 3.05) is 13.1 Å². The fourth-order valence-corrected chi connectivity index (χ4v) is 2.31. The standard InChI is InChI=1S/C17H20N2O2/c1-13(2)21-16-7-5-14(6-8-16)11-15(12-18)17(20)19-9-3-4-10-19/h5-8,11,13H,3-4,9-10H2,1-2H3/b15-11+. The first-order valence-corrected chi connectivity index (χ1v) is 7.28. The van der Waals surface area contributed by atoms with Gasteiger partial charge in [0.2, 0.25) is 0 Å². The Morgan fingerprint density at radius 1 is 1.29 bits per heavy atom. The highest BCUT2D eigenvalue weighted by molar-refractivity contribution is 6.01. The van der Waals surface area contributed by atoms with Crippen molar-refractivity contribution in [3.63, 3.8) is 0 Å². The second-order valence-corrected chi connectivity index (χ2v) is 5.40. The number of benzene rings is 1. The summed E-state index contributed by atoms with van der Waals surface area (Å²) in [6, 6.07) is 9.42. The Morgan fingerprint density at radius 2 is 1.90 bits per heavy atom. The maximum absolute atomic E-state index is 12.2. The van der Waals surface area contributed by atoms with Crippen LogP contribution in [0.5, 0.6) is 5.75 Å². The molecular formula is C17H20N2O2. The molecule has 0 aliphatic carbocycles. The molecule has 110 valence electrons. The second kappa shape index (κ2) is 6.94. The SMILES string of the molecule is CC(C)Oc1ccc(/C=C(\C#N)C(=O)N2CCCC2)cc1. The number of amides is 1. The molecule has 1 aliphatic heterocycles. The van der Waals surface area contributed by atoms with E-state index in [1.807, 2.05) is 44.2 Å². The summed E-state index contributed by atoms with van der Waals surface area (Å²) >= 11 is 0. The van der Waals surface area contributed by atoms with Crippen molar-refractivity contribution in [2.45, 2.75) is 32.8 Å². The molecule has 1 heterocycles. The van der Waals surface area contributed by atoms with Crippen LogP contribution in [0.15, 0.2) is 29.8 Å². The summed E-state index contributed by atoms with van der Waals surface area (Å²) in [6.45, 7) is 5.44. The number of likely N-dealkylation sites (tertiary alicyclic amines) is 1. The van der Waals surface area contributed by atoms with Crippen LogP contribution in [-0.4, -0.2) is 30.0 Å². The van der Waals surface area contributed by atoms with Crippen LogP contribution < -0.4 is 4.74 Å². The van der Waals surface area contributed by atoms with E-state index < -0.39 is 0 Å². The quantitative estimate of drug-likeness (QED) is 0.631. The number of carbonyl (C=O) groups is 1. The molecule has 1 amide bonds. The summed E-state index contributed by atoms with van der Waals surface area (Å²) in [4.78, 5) is 13.9. The lowest BCUT2D eigenvalue weighted by Crippen LogP contribution is -2.28. The van der Waals surface area contributed by atoms with Crippen LogP contribution in [0.1, 0.15) is 32.3 Å². The van der Waals surface area contributed by atoms with E-state index in [4.69, 9.17) is 4.74 Å². The number of carbonyl (C=O) groups excluding carboxylic acids is 1. The van der Waals surface area contributed by atoms with Crippen LogP contribution in [-0.2, 0) is 4.79 Å². The normalized spacial score (nSPS) is 15.1. The molecule has 0 aromatic heterocycles. The van der Waals surface area contributed by atoms with Gasteiger partial charge in [0.1, 0.15) is 17.4 Å². The smallest absolute Gasteiger partial charge is 0.264 e. The van der Waals surface area contributed by atoms with Gasteiger partial charge in [0.05, 0.1) is 6.10 Å². The van der Waals surface area contributed by atoms with E-state index >= 15 is 0 Å². The molecule has 1 aliphatic rings. The van der Waals surface area contributed by atoms with Crippen molar-refractivity contribution in [1.29, 1.82) is 5.26 Å². The molecule has 0 saturated carbocycles. The molecule has 2 rings (SSSR count). The first kappa shape index (κ1) is 15.1. The van der Waals surface area contributed by atoms with Gasteiger partial charge < -0.3 is 9.64 Å². The zero-order valence-corrected chi connectivity index (χ0v) is 12.5. The lowest BCUT2D eigenvalue weighted by Gasteiger charge is -2.14. The number of ether oxygens (including phenoxy) is 1. The highest BCUT2D eigenvalue weighted by Crippen LogP contribution is 2.17. The maximum Gasteiger partial charge on any atom is 0.264 e. The van der Waals surface area contributed by atoms with Gasteiger partial charge in [0.15, 0.2) is 0 Å². The Hall–Kier alpha value is -2.28. The number of nitrogens with zero attached hydrogens (tertiary/aromatic N) is 2. The maximum atomic E-state index is 12.2. The number of hydrogen-bond donors (Lipinski definition) is 0. The van der Waals surface area contributed by atoms with E-state index in [1.54, 1.807) is 11.0 Å². The first-order valence-electron chi connectivity index (χ1n) is 7.28. The Labute approximate surface area is 125 Å². The van der Waals surface area contributed by atoms with Crippen molar-refractivity contribution >= 4 is 12.0 Å². The number of nitriles is 1. The molecule has 21 heavy (non-hydrogen) atoms. The second-order valence-electron chi connectivity index (χ2n) is 5.40. The van der Waals surface area contributed by atoms with Gasteiger partial charge in [-0.15, -0.1) is 0 Å². The monoisotopic (exact) mass is 284 g/mol. The zero-order valence-electron chi connectivity index (χ0n) is 12.5. The lowest BCUT2D eigenvalue weighted by molar-refractivity contribution is -0.125. The zero-order chi connectivity index (χ0) is 15.2. The van der Waals surface area contributed by atoms with E-state index in [-0.39, 0.29) is 17.6 Å². The summed E-state index contributed by atoms with van der Waals surface area (Å²) in [7, 11) is 0. The van der Waals surface area contributed by atoms with Crippen LogP contribution in [0.25, 0.3) is 6.08 Å². The van der Waals surface area contributed by atoms with Crippen molar-refractivity contribution in [1.82, 2.24) is 4.90 Å². The Kier molecular flexibility index (Phi) is 4.99. The predicted molar refractivity (Wildman–Crippen MR) is 81.6 cm³/mol. The van der Waals surface area contributed by atoms with Crippen molar-refractivity contribution in [3.8, 4) is 11.8 Å². The van der Waals surface area contributed by atoms with Gasteiger partial charge in [-0.3, -0.25) is 4.79 Å². The van der Waals surface area contributed by atoms with Gasteiger partial charge in [-0.1, -0.05) is 12.1 Å². The van der Waals surface area contributed by atoms with Crippen LogP contribution in [0.4, 0.5) is 0 Å². The summed E-state index contributed by atoms with van der Waals surface area (Å²) < 4.78 is 5.57. The van der Waals surface area contributed by atoms with Gasteiger partial charge in [-0.05, 0) is 50.5 Å². The first-order chi connectivity index (χ1) is 10.1. The molecule has 1 aromatic carbocycles. The van der Waals surface area contributed by atoms with Gasteiger partial charge >= 0.3 is 0 Å². The Morgan fingerprint density at radius 3 is 2.43 bits per heavy atom. The van der Waals surface area contributed by atoms with Crippen LogP contribution in [0.3, 0.4) is 0 Å². The van der Waals surface area contributed by atoms with Gasteiger partial charge in [-0.25, -0.2) is 0 Å². The minimum absolute atomic E-state index is 0.123. The average Bonchev–Trinajstić information content (AvgIpc) is 2.99.